The highest BCUT2D eigenvalue weighted by atomic mass is 32.1. The predicted molar refractivity (Wildman–Crippen MR) is 73.7 cm³/mol. The van der Waals surface area contributed by atoms with Crippen molar-refractivity contribution in [2.24, 2.45) is 0 Å². The Morgan fingerprint density at radius 2 is 2.37 bits per heavy atom. The number of aliphatic hydroxyl groups excluding tert-OH is 2. The van der Waals surface area contributed by atoms with E-state index in [0.717, 1.165) is 19.3 Å². The molecule has 0 saturated carbocycles. The maximum atomic E-state index is 11.1. The number of thiophene rings is 1. The highest BCUT2D eigenvalue weighted by Crippen LogP contribution is 2.42. The van der Waals surface area contributed by atoms with Gasteiger partial charge in [-0.1, -0.05) is 0 Å². The largest absolute Gasteiger partial charge is 0.394 e. The van der Waals surface area contributed by atoms with Crippen LogP contribution in [0.3, 0.4) is 0 Å². The smallest absolute Gasteiger partial charge is 0.304 e. The molecule has 2 heterocycles. The fourth-order valence-corrected chi connectivity index (χ4v) is 3.55. The average Bonchev–Trinajstić information content (AvgIpc) is 2.83. The van der Waals surface area contributed by atoms with E-state index < -0.39 is 11.0 Å². The van der Waals surface area contributed by atoms with E-state index in [2.05, 4.69) is 0 Å². The number of nitrogens with zero attached hydrogens (tertiary/aromatic N) is 2. The Balaban J connectivity index is 2.38. The van der Waals surface area contributed by atoms with Gasteiger partial charge in [-0.2, -0.15) is 0 Å². The van der Waals surface area contributed by atoms with Crippen molar-refractivity contribution in [3.8, 4) is 0 Å². The van der Waals surface area contributed by atoms with Crippen molar-refractivity contribution in [1.29, 1.82) is 0 Å². The van der Waals surface area contributed by atoms with Crippen molar-refractivity contribution in [2.75, 3.05) is 18.1 Å². The van der Waals surface area contributed by atoms with Crippen LogP contribution in [0.5, 0.6) is 0 Å². The number of hydrogen-bond donors (Lipinski definition) is 2. The molecule has 1 saturated heterocycles. The first-order valence-electron chi connectivity index (χ1n) is 6.38. The predicted octanol–water partition coefficient (Wildman–Crippen LogP) is 2.06. The van der Waals surface area contributed by atoms with Crippen molar-refractivity contribution in [3.63, 3.8) is 0 Å². The summed E-state index contributed by atoms with van der Waals surface area (Å²) in [5, 5.41) is 30.7. The molecule has 2 atom stereocenters. The summed E-state index contributed by atoms with van der Waals surface area (Å²) in [6.45, 7) is 2.31. The zero-order valence-electron chi connectivity index (χ0n) is 10.8. The highest BCUT2D eigenvalue weighted by Gasteiger charge is 2.30. The molecule has 2 rings (SSSR count). The molecular formula is C12H18N2O4S. The van der Waals surface area contributed by atoms with Crippen LogP contribution in [0.2, 0.25) is 0 Å². The Morgan fingerprint density at radius 3 is 2.95 bits per heavy atom. The molecule has 1 aromatic rings. The summed E-state index contributed by atoms with van der Waals surface area (Å²) in [5.74, 6) is 0. The lowest BCUT2D eigenvalue weighted by atomic mass is 10.0. The minimum Gasteiger partial charge on any atom is -0.394 e. The number of rotatable bonds is 4. The maximum Gasteiger partial charge on any atom is 0.304 e. The lowest BCUT2D eigenvalue weighted by Crippen LogP contribution is -2.41. The summed E-state index contributed by atoms with van der Waals surface area (Å²) in [6, 6.07) is 1.38. The molecule has 1 aromatic heterocycles. The number of anilines is 1. The van der Waals surface area contributed by atoms with Crippen LogP contribution in [0.4, 0.5) is 10.7 Å². The zero-order valence-corrected chi connectivity index (χ0v) is 11.6. The summed E-state index contributed by atoms with van der Waals surface area (Å²) in [6.07, 6.45) is 2.13. The van der Waals surface area contributed by atoms with Gasteiger partial charge in [-0.15, -0.1) is 11.3 Å². The molecule has 0 spiro atoms. The molecule has 7 heteroatoms. The summed E-state index contributed by atoms with van der Waals surface area (Å²) in [5.41, 5.74) is 0.0289. The fraction of sp³-hybridized carbons (Fsp3) is 0.667. The van der Waals surface area contributed by atoms with Gasteiger partial charge < -0.3 is 15.1 Å². The Morgan fingerprint density at radius 1 is 1.63 bits per heavy atom. The van der Waals surface area contributed by atoms with E-state index in [9.17, 15) is 20.3 Å². The lowest BCUT2D eigenvalue weighted by Gasteiger charge is -2.34. The molecule has 0 aromatic carbocycles. The third kappa shape index (κ3) is 2.88. The Bertz CT molecular complexity index is 461. The molecular weight excluding hydrogens is 268 g/mol. The highest BCUT2D eigenvalue weighted by molar-refractivity contribution is 7.16. The molecule has 19 heavy (non-hydrogen) atoms. The van der Waals surface area contributed by atoms with E-state index >= 15 is 0 Å². The van der Waals surface area contributed by atoms with Gasteiger partial charge in [0, 0.05) is 17.5 Å². The van der Waals surface area contributed by atoms with Crippen molar-refractivity contribution >= 4 is 22.0 Å². The van der Waals surface area contributed by atoms with Gasteiger partial charge in [0.15, 0.2) is 5.00 Å². The van der Waals surface area contributed by atoms with Crippen LogP contribution >= 0.6 is 11.3 Å². The van der Waals surface area contributed by atoms with Crippen molar-refractivity contribution in [2.45, 2.75) is 38.3 Å². The standard InChI is InChI=1S/C12H18N2O4S/c1-8(16)11-6-10(14(17)18)12(19-11)13-5-3-2-4-9(13)7-15/h6,8-9,15-16H,2-5,7H2,1H3. The van der Waals surface area contributed by atoms with Gasteiger partial charge in [0.05, 0.1) is 23.7 Å². The first kappa shape index (κ1) is 14.2. The number of piperidine rings is 1. The summed E-state index contributed by atoms with van der Waals surface area (Å²) in [7, 11) is 0. The van der Waals surface area contributed by atoms with Crippen molar-refractivity contribution in [3.05, 3.63) is 21.1 Å². The van der Waals surface area contributed by atoms with Gasteiger partial charge in [0.25, 0.3) is 0 Å². The van der Waals surface area contributed by atoms with Crippen LogP contribution in [-0.4, -0.2) is 34.3 Å². The van der Waals surface area contributed by atoms with Gasteiger partial charge in [-0.3, -0.25) is 10.1 Å². The number of hydrogen-bond acceptors (Lipinski definition) is 6. The van der Waals surface area contributed by atoms with E-state index in [0.29, 0.717) is 16.4 Å². The van der Waals surface area contributed by atoms with Crippen LogP contribution in [-0.2, 0) is 0 Å². The molecule has 0 bridgehead atoms. The second-order valence-corrected chi connectivity index (χ2v) is 5.86. The molecule has 1 fully saturated rings. The molecule has 106 valence electrons. The van der Waals surface area contributed by atoms with Crippen molar-refractivity contribution < 1.29 is 15.1 Å². The number of nitro groups is 1. The molecule has 0 aliphatic carbocycles. The monoisotopic (exact) mass is 286 g/mol. The third-order valence-electron chi connectivity index (χ3n) is 3.42. The normalized spacial score (nSPS) is 21.4. The average molecular weight is 286 g/mol. The van der Waals surface area contributed by atoms with Gasteiger partial charge in [-0.05, 0) is 26.2 Å². The molecule has 2 unspecified atom stereocenters. The lowest BCUT2D eigenvalue weighted by molar-refractivity contribution is -0.383. The van der Waals surface area contributed by atoms with E-state index in [1.165, 1.54) is 17.4 Å². The zero-order chi connectivity index (χ0) is 14.0. The topological polar surface area (TPSA) is 86.8 Å². The van der Waals surface area contributed by atoms with E-state index in [-0.39, 0.29) is 18.3 Å². The molecule has 0 amide bonds. The first-order chi connectivity index (χ1) is 9.04. The second kappa shape index (κ2) is 5.85. The Labute approximate surface area is 115 Å². The Hall–Kier alpha value is -1.18. The molecule has 6 nitrogen and oxygen atoms in total. The summed E-state index contributed by atoms with van der Waals surface area (Å²) < 4.78 is 0. The van der Waals surface area contributed by atoms with Crippen LogP contribution in [0, 0.1) is 10.1 Å². The number of aliphatic hydroxyl groups is 2. The van der Waals surface area contributed by atoms with E-state index in [1.807, 2.05) is 4.90 Å². The van der Waals surface area contributed by atoms with Crippen molar-refractivity contribution in [1.82, 2.24) is 0 Å². The maximum absolute atomic E-state index is 11.1. The Kier molecular flexibility index (Phi) is 4.38. The summed E-state index contributed by atoms with van der Waals surface area (Å²) >= 11 is 1.24. The quantitative estimate of drug-likeness (QED) is 0.653. The van der Waals surface area contributed by atoms with Crippen LogP contribution in [0.25, 0.3) is 0 Å². The molecule has 2 N–H and O–H groups in total. The SMILES string of the molecule is CC(O)c1cc([N+](=O)[O-])c(N2CCCCC2CO)s1. The van der Waals surface area contributed by atoms with Crippen LogP contribution in [0.15, 0.2) is 6.07 Å². The summed E-state index contributed by atoms with van der Waals surface area (Å²) in [4.78, 5) is 13.2. The molecule has 0 radical (unpaired) electrons. The van der Waals surface area contributed by atoms with Crippen LogP contribution in [0.1, 0.15) is 37.2 Å². The van der Waals surface area contributed by atoms with Gasteiger partial charge in [0.1, 0.15) is 0 Å². The van der Waals surface area contributed by atoms with Crippen LogP contribution < -0.4 is 4.90 Å². The van der Waals surface area contributed by atoms with Gasteiger partial charge in [0.2, 0.25) is 0 Å². The van der Waals surface area contributed by atoms with Gasteiger partial charge in [-0.25, -0.2) is 0 Å². The minimum absolute atomic E-state index is 0.000926. The minimum atomic E-state index is -0.713. The third-order valence-corrected chi connectivity index (χ3v) is 4.75. The van der Waals surface area contributed by atoms with Gasteiger partial charge >= 0.3 is 5.69 Å². The first-order valence-corrected chi connectivity index (χ1v) is 7.20. The fourth-order valence-electron chi connectivity index (χ4n) is 2.39. The second-order valence-electron chi connectivity index (χ2n) is 4.80. The van der Waals surface area contributed by atoms with E-state index in [4.69, 9.17) is 0 Å². The molecule has 1 aliphatic heterocycles. The molecule has 1 aliphatic rings. The van der Waals surface area contributed by atoms with E-state index in [1.54, 1.807) is 6.92 Å².